The van der Waals surface area contributed by atoms with E-state index in [1.807, 2.05) is 13.8 Å². The van der Waals surface area contributed by atoms with Crippen LogP contribution in [0, 0.1) is 17.6 Å². The van der Waals surface area contributed by atoms with Crippen molar-refractivity contribution < 1.29 is 22.0 Å². The number of halogens is 5. The number of aryl methyl sites for hydroxylation is 1. The molecule has 1 saturated heterocycles. The Morgan fingerprint density at radius 3 is 2.54 bits per heavy atom. The topological polar surface area (TPSA) is 115 Å². The second-order valence-corrected chi connectivity index (χ2v) is 10.6. The maximum atomic E-state index is 15.2. The molecule has 2 fully saturated rings. The number of piperidine rings is 1. The van der Waals surface area contributed by atoms with E-state index in [0.717, 1.165) is 33.4 Å². The van der Waals surface area contributed by atoms with E-state index >= 15 is 4.39 Å². The molecular formula is C24H26F5N9O. The largest absolute Gasteiger partial charge is 0.392 e. The molecule has 3 atom stereocenters. The molecule has 1 aromatic carbocycles. The van der Waals surface area contributed by atoms with Gasteiger partial charge < -0.3 is 16.0 Å². The number of aromatic nitrogens is 6. The van der Waals surface area contributed by atoms with E-state index in [0.29, 0.717) is 12.8 Å². The molecule has 3 N–H and O–H groups in total. The molecule has 3 aromatic rings. The van der Waals surface area contributed by atoms with Gasteiger partial charge in [0.25, 0.3) is 0 Å². The lowest BCUT2D eigenvalue weighted by molar-refractivity contribution is -0.148. The first-order valence-corrected chi connectivity index (χ1v) is 12.1. The molecule has 39 heavy (non-hydrogen) atoms. The molecule has 10 nitrogen and oxygen atoms in total. The number of alkyl halides is 3. The number of hydrogen-bond acceptors (Lipinski definition) is 8. The van der Waals surface area contributed by atoms with Crippen LogP contribution < -0.4 is 21.6 Å². The first-order valence-electron chi connectivity index (χ1n) is 12.1. The monoisotopic (exact) mass is 551 g/mol. The smallest absolute Gasteiger partial charge is 0.384 e. The lowest BCUT2D eigenvalue weighted by atomic mass is 9.88. The fraction of sp³-hybridized carbons (Fsp3) is 0.458. The van der Waals surface area contributed by atoms with Crippen molar-refractivity contribution in [2.75, 3.05) is 10.6 Å². The Bertz CT molecular complexity index is 1500. The third-order valence-electron chi connectivity index (χ3n) is 6.77. The van der Waals surface area contributed by atoms with E-state index in [2.05, 4.69) is 42.9 Å². The number of tetrazole rings is 1. The fourth-order valence-electron chi connectivity index (χ4n) is 5.03. The minimum absolute atomic E-state index is 0.0286. The SMILES string of the molecule is C=C1CC(Nc2nc(Nc3cc(-n4nnn(C)c4=O)c([C@H]4C[C@@H]4C(F)(F)F)cc3F)ncc2F)CC(C)(C)N1. The van der Waals surface area contributed by atoms with Gasteiger partial charge in [-0.25, -0.2) is 18.6 Å². The summed E-state index contributed by atoms with van der Waals surface area (Å²) in [5, 5.41) is 16.3. The minimum Gasteiger partial charge on any atom is -0.384 e. The number of nitrogens with one attached hydrogen (secondary N) is 3. The van der Waals surface area contributed by atoms with Gasteiger partial charge in [0.2, 0.25) is 5.95 Å². The highest BCUT2D eigenvalue weighted by Crippen LogP contribution is 2.57. The van der Waals surface area contributed by atoms with Crippen LogP contribution in [0.15, 0.2) is 35.4 Å². The van der Waals surface area contributed by atoms with Gasteiger partial charge in [-0.2, -0.15) is 27.5 Å². The molecule has 15 heteroatoms. The molecule has 0 bridgehead atoms. The molecular weight excluding hydrogens is 525 g/mol. The molecule has 1 saturated carbocycles. The van der Waals surface area contributed by atoms with E-state index in [4.69, 9.17) is 0 Å². The van der Waals surface area contributed by atoms with Gasteiger partial charge in [-0.05, 0) is 60.7 Å². The highest BCUT2D eigenvalue weighted by Gasteiger charge is 2.57. The van der Waals surface area contributed by atoms with Gasteiger partial charge in [0.15, 0.2) is 11.6 Å². The second kappa shape index (κ2) is 9.31. The van der Waals surface area contributed by atoms with Crippen LogP contribution in [0.1, 0.15) is 44.6 Å². The maximum Gasteiger partial charge on any atom is 0.392 e. The quantitative estimate of drug-likeness (QED) is 0.396. The van der Waals surface area contributed by atoms with Crippen molar-refractivity contribution in [3.63, 3.8) is 0 Å². The highest BCUT2D eigenvalue weighted by atomic mass is 19.4. The van der Waals surface area contributed by atoms with Crippen LogP contribution in [0.3, 0.4) is 0 Å². The summed E-state index contributed by atoms with van der Waals surface area (Å²) >= 11 is 0. The van der Waals surface area contributed by atoms with Crippen molar-refractivity contribution in [2.24, 2.45) is 13.0 Å². The minimum atomic E-state index is -4.47. The first-order chi connectivity index (χ1) is 18.2. The van der Waals surface area contributed by atoms with Crippen LogP contribution in [-0.2, 0) is 7.05 Å². The first kappa shape index (κ1) is 26.6. The fourth-order valence-corrected chi connectivity index (χ4v) is 5.03. The van der Waals surface area contributed by atoms with Crippen LogP contribution in [0.5, 0.6) is 0 Å². The third kappa shape index (κ3) is 5.43. The van der Waals surface area contributed by atoms with Crippen LogP contribution in [0.25, 0.3) is 5.69 Å². The molecule has 1 aliphatic heterocycles. The van der Waals surface area contributed by atoms with E-state index in [1.165, 1.54) is 7.05 Å². The summed E-state index contributed by atoms with van der Waals surface area (Å²) in [6, 6.07) is 1.89. The van der Waals surface area contributed by atoms with Crippen molar-refractivity contribution >= 4 is 17.5 Å². The molecule has 208 valence electrons. The molecule has 0 spiro atoms. The maximum absolute atomic E-state index is 15.2. The number of rotatable bonds is 6. The summed E-state index contributed by atoms with van der Waals surface area (Å²) in [7, 11) is 1.32. The molecule has 2 aliphatic rings. The lowest BCUT2D eigenvalue weighted by Gasteiger charge is -2.39. The Morgan fingerprint density at radius 1 is 1.18 bits per heavy atom. The zero-order valence-electron chi connectivity index (χ0n) is 21.3. The predicted molar refractivity (Wildman–Crippen MR) is 132 cm³/mol. The van der Waals surface area contributed by atoms with Crippen molar-refractivity contribution in [1.29, 1.82) is 0 Å². The summed E-state index contributed by atoms with van der Waals surface area (Å²) in [6.07, 6.45) is -2.62. The lowest BCUT2D eigenvalue weighted by Crippen LogP contribution is -2.48. The van der Waals surface area contributed by atoms with Crippen LogP contribution in [0.4, 0.5) is 39.4 Å². The zero-order chi connectivity index (χ0) is 28.3. The standard InChI is InChI=1S/C24H26F5N9O/c1-11-5-12(9-23(2,3)34-11)31-20-17(26)10-30-21(33-20)32-18-8-19(38-22(39)37(4)35-36-38)14(7-16(18)25)13-6-15(13)24(27,28)29/h7-8,10,12-13,15,34H,1,5-6,9H2,2-4H3,(H2,30,31,32,33)/t12?,13-,15+/m1/s1. The average molecular weight is 552 g/mol. The van der Waals surface area contributed by atoms with E-state index in [1.54, 1.807) is 0 Å². The van der Waals surface area contributed by atoms with E-state index < -0.39 is 35.3 Å². The number of nitrogens with zero attached hydrogens (tertiary/aromatic N) is 6. The molecule has 2 aromatic heterocycles. The Hall–Kier alpha value is -4.04. The number of anilines is 3. The summed E-state index contributed by atoms with van der Waals surface area (Å²) in [5.41, 5.74) is -0.555. The molecule has 0 radical (unpaired) electrons. The van der Waals surface area contributed by atoms with Gasteiger partial charge in [-0.1, -0.05) is 6.58 Å². The van der Waals surface area contributed by atoms with Gasteiger partial charge >= 0.3 is 11.9 Å². The van der Waals surface area contributed by atoms with Gasteiger partial charge in [0, 0.05) is 30.7 Å². The van der Waals surface area contributed by atoms with E-state index in [-0.39, 0.29) is 46.7 Å². The molecule has 1 aliphatic carbocycles. The van der Waals surface area contributed by atoms with Crippen molar-refractivity contribution in [1.82, 2.24) is 35.1 Å². The van der Waals surface area contributed by atoms with Gasteiger partial charge in [-0.15, -0.1) is 0 Å². The van der Waals surface area contributed by atoms with Crippen LogP contribution in [-0.4, -0.2) is 47.5 Å². The average Bonchev–Trinajstić information content (AvgIpc) is 3.56. The van der Waals surface area contributed by atoms with Crippen molar-refractivity contribution in [3.05, 3.63) is 58.3 Å². The Kier molecular flexibility index (Phi) is 6.34. The summed E-state index contributed by atoms with van der Waals surface area (Å²) in [4.78, 5) is 20.5. The zero-order valence-corrected chi connectivity index (χ0v) is 21.3. The third-order valence-corrected chi connectivity index (χ3v) is 6.77. The normalized spacial score (nSPS) is 22.4. The van der Waals surface area contributed by atoms with Gasteiger partial charge in [-0.3, -0.25) is 0 Å². The van der Waals surface area contributed by atoms with Gasteiger partial charge in [0.1, 0.15) is 5.82 Å². The summed E-state index contributed by atoms with van der Waals surface area (Å²) in [6.45, 7) is 7.93. The predicted octanol–water partition coefficient (Wildman–Crippen LogP) is 3.90. The van der Waals surface area contributed by atoms with Crippen molar-refractivity contribution in [3.8, 4) is 5.69 Å². The Labute approximate surface area is 219 Å². The molecule has 1 unspecified atom stereocenters. The Morgan fingerprint density at radius 2 is 1.92 bits per heavy atom. The summed E-state index contributed by atoms with van der Waals surface area (Å²) in [5.74, 6) is -4.62. The molecule has 0 amide bonds. The summed E-state index contributed by atoms with van der Waals surface area (Å²) < 4.78 is 71.4. The van der Waals surface area contributed by atoms with Crippen LogP contribution >= 0.6 is 0 Å². The van der Waals surface area contributed by atoms with Crippen molar-refractivity contribution in [2.45, 2.75) is 56.8 Å². The number of benzene rings is 1. The highest BCUT2D eigenvalue weighted by molar-refractivity contribution is 5.63. The van der Waals surface area contributed by atoms with Crippen LogP contribution in [0.2, 0.25) is 0 Å². The Balaban J connectivity index is 1.46. The molecule has 5 rings (SSSR count). The molecule has 3 heterocycles. The van der Waals surface area contributed by atoms with E-state index in [9.17, 15) is 22.4 Å². The number of hydrogen-bond donors (Lipinski definition) is 3. The van der Waals surface area contributed by atoms with Gasteiger partial charge in [0.05, 0.1) is 23.5 Å². The second-order valence-electron chi connectivity index (χ2n) is 10.6.